The number of hydrogen-bond donors (Lipinski definition) is 0. The Kier molecular flexibility index (Phi) is 6.04. The Morgan fingerprint density at radius 3 is 2.26 bits per heavy atom. The minimum Gasteiger partial charge on any atom is -0.378 e. The van der Waals surface area contributed by atoms with E-state index in [1.807, 2.05) is 19.1 Å². The highest BCUT2D eigenvalue weighted by atomic mass is 35.5. The monoisotopic (exact) mass is 408 g/mol. The first-order valence-electron chi connectivity index (χ1n) is 8.58. The molecule has 0 spiro atoms. The van der Waals surface area contributed by atoms with Crippen molar-refractivity contribution in [3.8, 4) is 0 Å². The zero-order valence-corrected chi connectivity index (χ0v) is 16.5. The highest BCUT2D eigenvalue weighted by Crippen LogP contribution is 2.25. The fourth-order valence-electron chi connectivity index (χ4n) is 2.80. The highest BCUT2D eigenvalue weighted by molar-refractivity contribution is 7.92. The van der Waals surface area contributed by atoms with Crippen LogP contribution in [0.25, 0.3) is 0 Å². The van der Waals surface area contributed by atoms with Crippen LogP contribution < -0.4 is 4.31 Å². The Labute approximate surface area is 164 Å². The number of aryl methyl sites for hydroxylation is 1. The molecule has 0 bridgehead atoms. The van der Waals surface area contributed by atoms with Gasteiger partial charge in [-0.3, -0.25) is 9.10 Å². The van der Waals surface area contributed by atoms with E-state index in [1.165, 1.54) is 24.3 Å². The summed E-state index contributed by atoms with van der Waals surface area (Å²) in [5, 5.41) is 0.445. The van der Waals surface area contributed by atoms with E-state index in [0.29, 0.717) is 37.0 Å². The second-order valence-corrected chi connectivity index (χ2v) is 8.59. The number of nitrogens with zero attached hydrogens (tertiary/aromatic N) is 2. The molecular formula is C19H21ClN2O4S. The third-order valence-corrected chi connectivity index (χ3v) is 6.41. The van der Waals surface area contributed by atoms with E-state index >= 15 is 0 Å². The standard InChI is InChI=1S/C19H21ClN2O4S/c1-15-2-6-17(7-3-15)22(14-19(23)21-10-12-26-13-11-21)27(24,25)18-8-4-16(20)5-9-18/h2-9H,10-14H2,1H3. The topological polar surface area (TPSA) is 66.9 Å². The van der Waals surface area contributed by atoms with Crippen molar-refractivity contribution in [3.63, 3.8) is 0 Å². The maximum atomic E-state index is 13.2. The molecule has 3 rings (SSSR count). The summed E-state index contributed by atoms with van der Waals surface area (Å²) >= 11 is 5.88. The molecule has 1 aliphatic heterocycles. The van der Waals surface area contributed by atoms with Gasteiger partial charge in [-0.2, -0.15) is 0 Å². The zero-order valence-electron chi connectivity index (χ0n) is 15.0. The van der Waals surface area contributed by atoms with Crippen molar-refractivity contribution < 1.29 is 17.9 Å². The molecule has 6 nitrogen and oxygen atoms in total. The van der Waals surface area contributed by atoms with Crippen molar-refractivity contribution in [2.45, 2.75) is 11.8 Å². The molecule has 1 aliphatic rings. The van der Waals surface area contributed by atoms with Gasteiger partial charge in [-0.05, 0) is 43.3 Å². The van der Waals surface area contributed by atoms with E-state index < -0.39 is 10.0 Å². The fraction of sp³-hybridized carbons (Fsp3) is 0.316. The van der Waals surface area contributed by atoms with Crippen LogP contribution in [0.3, 0.4) is 0 Å². The minimum absolute atomic E-state index is 0.0854. The minimum atomic E-state index is -3.92. The Balaban J connectivity index is 1.95. The van der Waals surface area contributed by atoms with Crippen LogP contribution in [-0.4, -0.2) is 52.1 Å². The largest absolute Gasteiger partial charge is 0.378 e. The number of amides is 1. The third-order valence-electron chi connectivity index (χ3n) is 4.37. The normalized spacial score (nSPS) is 14.8. The number of ether oxygens (including phenoxy) is 1. The van der Waals surface area contributed by atoms with Gasteiger partial charge in [-0.1, -0.05) is 29.3 Å². The predicted octanol–water partition coefficient (Wildman–Crippen LogP) is 2.70. The van der Waals surface area contributed by atoms with Gasteiger partial charge >= 0.3 is 0 Å². The summed E-state index contributed by atoms with van der Waals surface area (Å²) in [6.45, 7) is 3.48. The van der Waals surface area contributed by atoms with Gasteiger partial charge in [-0.15, -0.1) is 0 Å². The van der Waals surface area contributed by atoms with E-state index in [0.717, 1.165) is 9.87 Å². The molecule has 0 atom stereocenters. The molecule has 0 aliphatic carbocycles. The Bertz CT molecular complexity index is 892. The van der Waals surface area contributed by atoms with E-state index in [1.54, 1.807) is 17.0 Å². The van der Waals surface area contributed by atoms with Crippen molar-refractivity contribution in [3.05, 3.63) is 59.1 Å². The number of halogens is 1. The second kappa shape index (κ2) is 8.29. The summed E-state index contributed by atoms with van der Waals surface area (Å²) < 4.78 is 32.9. The van der Waals surface area contributed by atoms with Crippen molar-refractivity contribution in [1.29, 1.82) is 0 Å². The van der Waals surface area contributed by atoms with E-state index in [4.69, 9.17) is 16.3 Å². The van der Waals surface area contributed by atoms with Gasteiger partial charge < -0.3 is 9.64 Å². The van der Waals surface area contributed by atoms with Crippen LogP contribution in [-0.2, 0) is 19.6 Å². The van der Waals surface area contributed by atoms with Crippen molar-refractivity contribution in [2.24, 2.45) is 0 Å². The molecule has 2 aromatic carbocycles. The molecule has 0 N–H and O–H groups in total. The lowest BCUT2D eigenvalue weighted by atomic mass is 10.2. The van der Waals surface area contributed by atoms with Crippen molar-refractivity contribution in [1.82, 2.24) is 4.90 Å². The van der Waals surface area contributed by atoms with E-state index in [-0.39, 0.29) is 17.3 Å². The molecule has 8 heteroatoms. The number of anilines is 1. The lowest BCUT2D eigenvalue weighted by Crippen LogP contribution is -2.47. The number of rotatable bonds is 5. The fourth-order valence-corrected chi connectivity index (χ4v) is 4.34. The van der Waals surface area contributed by atoms with Crippen LogP contribution in [0.4, 0.5) is 5.69 Å². The number of morpholine rings is 1. The Morgan fingerprint density at radius 2 is 1.67 bits per heavy atom. The molecule has 2 aromatic rings. The molecule has 27 heavy (non-hydrogen) atoms. The molecule has 1 amide bonds. The van der Waals surface area contributed by atoms with Gasteiger partial charge in [0.25, 0.3) is 10.0 Å². The molecule has 0 unspecified atom stereocenters. The van der Waals surface area contributed by atoms with E-state index in [2.05, 4.69) is 0 Å². The summed E-state index contributed by atoms with van der Waals surface area (Å²) in [4.78, 5) is 14.4. The average Bonchev–Trinajstić information content (AvgIpc) is 2.68. The number of sulfonamides is 1. The van der Waals surface area contributed by atoms with Crippen LogP contribution in [0.2, 0.25) is 5.02 Å². The predicted molar refractivity (Wildman–Crippen MR) is 105 cm³/mol. The van der Waals surface area contributed by atoms with Gasteiger partial charge in [0.15, 0.2) is 0 Å². The van der Waals surface area contributed by atoms with Gasteiger partial charge in [0.05, 0.1) is 23.8 Å². The Hall–Kier alpha value is -2.09. The number of benzene rings is 2. The molecular weight excluding hydrogens is 388 g/mol. The first-order valence-corrected chi connectivity index (χ1v) is 10.4. The van der Waals surface area contributed by atoms with Crippen LogP contribution in [0, 0.1) is 6.92 Å². The second-order valence-electron chi connectivity index (χ2n) is 6.29. The van der Waals surface area contributed by atoms with Crippen molar-refractivity contribution >= 4 is 33.2 Å². The lowest BCUT2D eigenvalue weighted by molar-refractivity contribution is -0.133. The molecule has 144 valence electrons. The average molecular weight is 409 g/mol. The first-order chi connectivity index (χ1) is 12.9. The summed E-state index contributed by atoms with van der Waals surface area (Å²) in [6.07, 6.45) is 0. The molecule has 1 heterocycles. The maximum absolute atomic E-state index is 13.2. The summed E-state index contributed by atoms with van der Waals surface area (Å²) in [6, 6.07) is 13.0. The maximum Gasteiger partial charge on any atom is 0.264 e. The van der Waals surface area contributed by atoms with Gasteiger partial charge in [0, 0.05) is 18.1 Å². The molecule has 0 radical (unpaired) electrons. The summed E-state index contributed by atoms with van der Waals surface area (Å²) in [7, 11) is -3.92. The number of hydrogen-bond acceptors (Lipinski definition) is 4. The van der Waals surface area contributed by atoms with Crippen LogP contribution in [0.5, 0.6) is 0 Å². The van der Waals surface area contributed by atoms with Crippen LogP contribution in [0.15, 0.2) is 53.4 Å². The van der Waals surface area contributed by atoms with Crippen LogP contribution in [0.1, 0.15) is 5.56 Å². The number of carbonyl (C=O) groups excluding carboxylic acids is 1. The summed E-state index contributed by atoms with van der Waals surface area (Å²) in [5.41, 5.74) is 1.44. The molecule has 1 fully saturated rings. The van der Waals surface area contributed by atoms with Gasteiger partial charge in [0.1, 0.15) is 6.54 Å². The quantitative estimate of drug-likeness (QED) is 0.762. The van der Waals surface area contributed by atoms with Crippen molar-refractivity contribution in [2.75, 3.05) is 37.2 Å². The van der Waals surface area contributed by atoms with E-state index in [9.17, 15) is 13.2 Å². The SMILES string of the molecule is Cc1ccc(N(CC(=O)N2CCOCC2)S(=O)(=O)c2ccc(Cl)cc2)cc1. The van der Waals surface area contributed by atoms with Crippen LogP contribution >= 0.6 is 11.6 Å². The highest BCUT2D eigenvalue weighted by Gasteiger charge is 2.29. The molecule has 0 aromatic heterocycles. The summed E-state index contributed by atoms with van der Waals surface area (Å²) in [5.74, 6) is -0.253. The first kappa shape index (κ1) is 19.7. The molecule has 0 saturated carbocycles. The smallest absolute Gasteiger partial charge is 0.264 e. The lowest BCUT2D eigenvalue weighted by Gasteiger charge is -2.30. The van der Waals surface area contributed by atoms with Gasteiger partial charge in [0.2, 0.25) is 5.91 Å². The van der Waals surface area contributed by atoms with Gasteiger partial charge in [-0.25, -0.2) is 8.42 Å². The molecule has 1 saturated heterocycles. The third kappa shape index (κ3) is 4.61. The Morgan fingerprint density at radius 1 is 1.07 bits per heavy atom. The zero-order chi connectivity index (χ0) is 19.4. The number of carbonyl (C=O) groups is 1.